The molecule has 0 spiro atoms. The van der Waals surface area contributed by atoms with Gasteiger partial charge in [-0.2, -0.15) is 0 Å². The molecular formula is C13H19N3O3. The van der Waals surface area contributed by atoms with Crippen LogP contribution < -0.4 is 11.1 Å². The number of guanidine groups is 1. The number of aliphatic imine (C=N–C) groups is 1. The Morgan fingerprint density at radius 3 is 2.47 bits per heavy atom. The third kappa shape index (κ3) is 6.30. The number of alkyl carbamates (subject to hydrolysis) is 1. The fourth-order valence-electron chi connectivity index (χ4n) is 1.23. The number of aromatic hydroxyl groups is 1. The number of benzene rings is 1. The van der Waals surface area contributed by atoms with Crippen LogP contribution in [0, 0.1) is 0 Å². The number of nitrogens with two attached hydrogens (primary N) is 1. The summed E-state index contributed by atoms with van der Waals surface area (Å²) in [7, 11) is 0. The summed E-state index contributed by atoms with van der Waals surface area (Å²) in [6.45, 7) is 5.59. The van der Waals surface area contributed by atoms with Crippen molar-refractivity contribution in [1.82, 2.24) is 5.32 Å². The zero-order valence-electron chi connectivity index (χ0n) is 11.3. The molecule has 0 unspecified atom stereocenters. The molecule has 1 rings (SSSR count). The highest BCUT2D eigenvalue weighted by molar-refractivity contribution is 5.92. The number of phenolic OH excluding ortho intramolecular Hbond substituents is 1. The average molecular weight is 265 g/mol. The van der Waals surface area contributed by atoms with Crippen LogP contribution in [0.2, 0.25) is 0 Å². The van der Waals surface area contributed by atoms with Crippen molar-refractivity contribution in [2.75, 3.05) is 0 Å². The Labute approximate surface area is 112 Å². The minimum absolute atomic E-state index is 0.0117. The molecule has 0 aromatic heterocycles. The Kier molecular flexibility index (Phi) is 4.74. The fourth-order valence-corrected chi connectivity index (χ4v) is 1.23. The standard InChI is InChI=1S/C13H19N3O3/c1-13(2,3)19-12(18)16-11(14)15-8-9-4-6-10(17)7-5-9/h4-7,17H,8H2,1-3H3,(H3,14,15,16,18). The first-order valence-electron chi connectivity index (χ1n) is 5.84. The number of nitrogens with one attached hydrogen (secondary N) is 1. The number of nitrogens with zero attached hydrogens (tertiary/aromatic N) is 1. The molecule has 0 saturated carbocycles. The molecule has 0 aliphatic heterocycles. The van der Waals surface area contributed by atoms with E-state index in [1.54, 1.807) is 45.0 Å². The molecule has 6 nitrogen and oxygen atoms in total. The van der Waals surface area contributed by atoms with Crippen molar-refractivity contribution in [1.29, 1.82) is 0 Å². The first-order valence-corrected chi connectivity index (χ1v) is 5.84. The van der Waals surface area contributed by atoms with Crippen molar-refractivity contribution in [3.63, 3.8) is 0 Å². The van der Waals surface area contributed by atoms with E-state index in [0.717, 1.165) is 5.56 Å². The Morgan fingerprint density at radius 2 is 1.95 bits per heavy atom. The topological polar surface area (TPSA) is 96.9 Å². The Morgan fingerprint density at radius 1 is 1.37 bits per heavy atom. The summed E-state index contributed by atoms with van der Waals surface area (Å²) < 4.78 is 5.03. The zero-order chi connectivity index (χ0) is 14.5. The number of carbonyl (C=O) groups is 1. The van der Waals surface area contributed by atoms with Crippen LogP contribution in [-0.4, -0.2) is 22.8 Å². The lowest BCUT2D eigenvalue weighted by molar-refractivity contribution is 0.0562. The molecular weight excluding hydrogens is 246 g/mol. The van der Waals surface area contributed by atoms with Gasteiger partial charge in [-0.1, -0.05) is 12.1 Å². The smallest absolute Gasteiger partial charge is 0.414 e. The number of hydrogen-bond acceptors (Lipinski definition) is 4. The molecule has 0 saturated heterocycles. The number of ether oxygens (including phenoxy) is 1. The summed E-state index contributed by atoms with van der Waals surface area (Å²) in [6, 6.07) is 6.56. The molecule has 1 aromatic carbocycles. The van der Waals surface area contributed by atoms with Crippen molar-refractivity contribution >= 4 is 12.1 Å². The second kappa shape index (κ2) is 6.08. The van der Waals surface area contributed by atoms with Gasteiger partial charge in [0, 0.05) is 0 Å². The highest BCUT2D eigenvalue weighted by Gasteiger charge is 2.16. The third-order valence-corrected chi connectivity index (χ3v) is 2.00. The van der Waals surface area contributed by atoms with Gasteiger partial charge in [-0.25, -0.2) is 9.79 Å². The van der Waals surface area contributed by atoms with E-state index >= 15 is 0 Å². The SMILES string of the molecule is CC(C)(C)OC(=O)NC(N)=NCc1ccc(O)cc1. The summed E-state index contributed by atoms with van der Waals surface area (Å²) >= 11 is 0. The molecule has 1 aromatic rings. The summed E-state index contributed by atoms with van der Waals surface area (Å²) in [4.78, 5) is 15.4. The van der Waals surface area contributed by atoms with Crippen molar-refractivity contribution in [2.45, 2.75) is 32.9 Å². The molecule has 4 N–H and O–H groups in total. The molecule has 0 heterocycles. The van der Waals surface area contributed by atoms with E-state index in [2.05, 4.69) is 10.3 Å². The minimum atomic E-state index is -0.639. The van der Waals surface area contributed by atoms with E-state index in [9.17, 15) is 4.79 Å². The Bertz CT molecular complexity index is 461. The highest BCUT2D eigenvalue weighted by atomic mass is 16.6. The van der Waals surface area contributed by atoms with Gasteiger partial charge in [0.1, 0.15) is 11.4 Å². The normalized spacial score (nSPS) is 12.1. The molecule has 1 amide bonds. The maximum absolute atomic E-state index is 11.4. The Hall–Kier alpha value is -2.24. The van der Waals surface area contributed by atoms with Gasteiger partial charge in [0.15, 0.2) is 5.96 Å². The predicted octanol–water partition coefficient (Wildman–Crippen LogP) is 1.73. The third-order valence-electron chi connectivity index (χ3n) is 2.00. The van der Waals surface area contributed by atoms with Gasteiger partial charge in [0.05, 0.1) is 6.54 Å². The van der Waals surface area contributed by atoms with Crippen molar-refractivity contribution in [3.8, 4) is 5.75 Å². The van der Waals surface area contributed by atoms with Crippen molar-refractivity contribution in [3.05, 3.63) is 29.8 Å². The number of phenols is 1. The number of carbonyl (C=O) groups excluding carboxylic acids is 1. The van der Waals surface area contributed by atoms with Crippen LogP contribution in [0.25, 0.3) is 0 Å². The summed E-state index contributed by atoms with van der Waals surface area (Å²) in [5.41, 5.74) is 5.85. The van der Waals surface area contributed by atoms with Gasteiger partial charge in [-0.3, -0.25) is 5.32 Å². The van der Waals surface area contributed by atoms with Crippen LogP contribution in [0.4, 0.5) is 4.79 Å². The first kappa shape index (κ1) is 14.8. The summed E-state index contributed by atoms with van der Waals surface area (Å²) in [6.07, 6.45) is -0.639. The number of rotatable bonds is 2. The van der Waals surface area contributed by atoms with E-state index in [-0.39, 0.29) is 11.7 Å². The van der Waals surface area contributed by atoms with Crippen LogP contribution in [0.5, 0.6) is 5.75 Å². The quantitative estimate of drug-likeness (QED) is 0.560. The van der Waals surface area contributed by atoms with Gasteiger partial charge < -0.3 is 15.6 Å². The molecule has 0 aliphatic carbocycles. The van der Waals surface area contributed by atoms with Gasteiger partial charge in [0.2, 0.25) is 0 Å². The van der Waals surface area contributed by atoms with E-state index in [1.807, 2.05) is 0 Å². The van der Waals surface area contributed by atoms with Gasteiger partial charge >= 0.3 is 6.09 Å². The number of amides is 1. The lowest BCUT2D eigenvalue weighted by Crippen LogP contribution is -2.40. The second-order valence-electron chi connectivity index (χ2n) is 4.99. The van der Waals surface area contributed by atoms with E-state index < -0.39 is 11.7 Å². The minimum Gasteiger partial charge on any atom is -0.508 e. The van der Waals surface area contributed by atoms with Gasteiger partial charge in [-0.15, -0.1) is 0 Å². The van der Waals surface area contributed by atoms with Crippen LogP contribution in [0.15, 0.2) is 29.3 Å². The zero-order valence-corrected chi connectivity index (χ0v) is 11.3. The average Bonchev–Trinajstić information content (AvgIpc) is 2.25. The van der Waals surface area contributed by atoms with E-state index in [4.69, 9.17) is 15.6 Å². The summed E-state index contributed by atoms with van der Waals surface area (Å²) in [5.74, 6) is 0.176. The van der Waals surface area contributed by atoms with Gasteiger partial charge in [0.25, 0.3) is 0 Å². The summed E-state index contributed by atoms with van der Waals surface area (Å²) in [5, 5.41) is 11.5. The van der Waals surface area contributed by atoms with Gasteiger partial charge in [-0.05, 0) is 38.5 Å². The van der Waals surface area contributed by atoms with Crippen molar-refractivity contribution in [2.24, 2.45) is 10.7 Å². The monoisotopic (exact) mass is 265 g/mol. The largest absolute Gasteiger partial charge is 0.508 e. The molecule has 0 radical (unpaired) electrons. The molecule has 0 atom stereocenters. The molecule has 104 valence electrons. The molecule has 0 aliphatic rings. The molecule has 19 heavy (non-hydrogen) atoms. The van der Waals surface area contributed by atoms with Crippen LogP contribution >= 0.6 is 0 Å². The first-order chi connectivity index (χ1) is 8.76. The maximum atomic E-state index is 11.4. The predicted molar refractivity (Wildman–Crippen MR) is 72.8 cm³/mol. The van der Waals surface area contributed by atoms with Crippen LogP contribution in [0.3, 0.4) is 0 Å². The molecule has 0 bridgehead atoms. The second-order valence-corrected chi connectivity index (χ2v) is 4.99. The molecule has 0 fully saturated rings. The van der Waals surface area contributed by atoms with E-state index in [0.29, 0.717) is 6.54 Å². The lowest BCUT2D eigenvalue weighted by Gasteiger charge is -2.19. The lowest BCUT2D eigenvalue weighted by atomic mass is 10.2. The Balaban J connectivity index is 2.49. The maximum Gasteiger partial charge on any atom is 0.414 e. The highest BCUT2D eigenvalue weighted by Crippen LogP contribution is 2.10. The van der Waals surface area contributed by atoms with E-state index in [1.165, 1.54) is 0 Å². The van der Waals surface area contributed by atoms with Crippen molar-refractivity contribution < 1.29 is 14.6 Å². The molecule has 6 heteroatoms. The van der Waals surface area contributed by atoms with Crippen LogP contribution in [-0.2, 0) is 11.3 Å². The fraction of sp³-hybridized carbons (Fsp3) is 0.385. The number of hydrogen-bond donors (Lipinski definition) is 3. The van der Waals surface area contributed by atoms with Crippen LogP contribution in [0.1, 0.15) is 26.3 Å².